The quantitative estimate of drug-likeness (QED) is 0.592. The Morgan fingerprint density at radius 1 is 1.39 bits per heavy atom. The van der Waals surface area contributed by atoms with Gasteiger partial charge in [-0.3, -0.25) is 4.79 Å². The molecule has 7 heteroatoms. The Balaban J connectivity index is 2.39. The number of carbonyl (C=O) groups is 3. The number of carboxylic acids is 1. The first kappa shape index (κ1) is 14.3. The zero-order valence-corrected chi connectivity index (χ0v) is 10.5. The maximum Gasteiger partial charge on any atom is 0.326 e. The highest BCUT2D eigenvalue weighted by Gasteiger charge is 2.39. The van der Waals surface area contributed by atoms with Crippen LogP contribution in [0.2, 0.25) is 0 Å². The van der Waals surface area contributed by atoms with Crippen LogP contribution in [0.5, 0.6) is 0 Å². The number of hydrogen-bond donors (Lipinski definition) is 3. The van der Waals surface area contributed by atoms with Crippen molar-refractivity contribution >= 4 is 18.0 Å². The van der Waals surface area contributed by atoms with E-state index in [1.165, 1.54) is 7.11 Å². The number of amides is 2. The SMILES string of the molecule is COC(=O)CC[C@H](NC(=O)NC1(C)CC1)C(=O)O. The fraction of sp³-hybridized carbons (Fsp3) is 0.727. The highest BCUT2D eigenvalue weighted by Crippen LogP contribution is 2.33. The number of hydrogen-bond acceptors (Lipinski definition) is 4. The molecule has 0 aromatic rings. The van der Waals surface area contributed by atoms with Crippen LogP contribution >= 0.6 is 0 Å². The zero-order chi connectivity index (χ0) is 13.8. The lowest BCUT2D eigenvalue weighted by molar-refractivity contribution is -0.142. The molecule has 102 valence electrons. The van der Waals surface area contributed by atoms with E-state index in [-0.39, 0.29) is 18.4 Å². The molecule has 2 amide bonds. The fourth-order valence-electron chi connectivity index (χ4n) is 1.40. The minimum Gasteiger partial charge on any atom is -0.480 e. The third-order valence-electron chi connectivity index (χ3n) is 2.88. The molecule has 1 aliphatic rings. The van der Waals surface area contributed by atoms with Gasteiger partial charge in [0.1, 0.15) is 6.04 Å². The lowest BCUT2D eigenvalue weighted by atomic mass is 10.1. The van der Waals surface area contributed by atoms with Gasteiger partial charge >= 0.3 is 18.0 Å². The molecule has 0 spiro atoms. The first-order valence-electron chi connectivity index (χ1n) is 5.74. The smallest absolute Gasteiger partial charge is 0.326 e. The summed E-state index contributed by atoms with van der Waals surface area (Å²) >= 11 is 0. The van der Waals surface area contributed by atoms with Crippen LogP contribution in [0.4, 0.5) is 4.79 Å². The average molecular weight is 258 g/mol. The van der Waals surface area contributed by atoms with E-state index in [2.05, 4.69) is 15.4 Å². The largest absolute Gasteiger partial charge is 0.480 e. The second-order valence-electron chi connectivity index (χ2n) is 4.66. The minimum atomic E-state index is -1.17. The third-order valence-corrected chi connectivity index (χ3v) is 2.88. The summed E-state index contributed by atoms with van der Waals surface area (Å²) < 4.78 is 4.42. The van der Waals surface area contributed by atoms with Crippen LogP contribution in [-0.4, -0.2) is 41.8 Å². The van der Waals surface area contributed by atoms with Crippen molar-refractivity contribution in [3.05, 3.63) is 0 Å². The molecule has 1 fully saturated rings. The number of methoxy groups -OCH3 is 1. The Hall–Kier alpha value is -1.79. The third kappa shape index (κ3) is 4.60. The normalized spacial score (nSPS) is 17.4. The van der Waals surface area contributed by atoms with E-state index in [1.54, 1.807) is 0 Å². The number of nitrogens with one attached hydrogen (secondary N) is 2. The van der Waals surface area contributed by atoms with Gasteiger partial charge in [-0.05, 0) is 26.2 Å². The van der Waals surface area contributed by atoms with Crippen molar-refractivity contribution < 1.29 is 24.2 Å². The van der Waals surface area contributed by atoms with Crippen LogP contribution in [0.3, 0.4) is 0 Å². The summed E-state index contributed by atoms with van der Waals surface area (Å²) in [5.41, 5.74) is -0.213. The summed E-state index contributed by atoms with van der Waals surface area (Å²) in [7, 11) is 1.23. The summed E-state index contributed by atoms with van der Waals surface area (Å²) in [6, 6.07) is -1.61. The van der Waals surface area contributed by atoms with E-state index in [4.69, 9.17) is 5.11 Å². The molecule has 0 unspecified atom stereocenters. The van der Waals surface area contributed by atoms with Gasteiger partial charge in [0.15, 0.2) is 0 Å². The summed E-state index contributed by atoms with van der Waals surface area (Å²) in [6.07, 6.45) is 1.73. The summed E-state index contributed by atoms with van der Waals surface area (Å²) in [5, 5.41) is 13.9. The molecule has 3 N–H and O–H groups in total. The summed E-state index contributed by atoms with van der Waals surface area (Å²) in [5.74, 6) is -1.67. The Morgan fingerprint density at radius 3 is 2.44 bits per heavy atom. The first-order chi connectivity index (χ1) is 8.36. The molecule has 0 saturated heterocycles. The lowest BCUT2D eigenvalue weighted by Crippen LogP contribution is -2.49. The van der Waals surface area contributed by atoms with Gasteiger partial charge in [0, 0.05) is 12.0 Å². The number of esters is 1. The molecule has 18 heavy (non-hydrogen) atoms. The molecule has 0 radical (unpaired) electrons. The first-order valence-corrected chi connectivity index (χ1v) is 5.74. The maximum atomic E-state index is 11.5. The Kier molecular flexibility index (Phi) is 4.52. The van der Waals surface area contributed by atoms with Gasteiger partial charge in [-0.1, -0.05) is 0 Å². The molecule has 0 aromatic carbocycles. The zero-order valence-electron chi connectivity index (χ0n) is 10.5. The van der Waals surface area contributed by atoms with E-state index in [9.17, 15) is 14.4 Å². The molecule has 1 saturated carbocycles. The average Bonchev–Trinajstić information content (AvgIpc) is 3.00. The van der Waals surface area contributed by atoms with E-state index >= 15 is 0 Å². The fourth-order valence-corrected chi connectivity index (χ4v) is 1.40. The molecule has 0 heterocycles. The van der Waals surface area contributed by atoms with Crippen molar-refractivity contribution in [2.75, 3.05) is 7.11 Å². The predicted molar refractivity (Wildman–Crippen MR) is 62.0 cm³/mol. The topological polar surface area (TPSA) is 105 Å². The van der Waals surface area contributed by atoms with Gasteiger partial charge in [0.2, 0.25) is 0 Å². The van der Waals surface area contributed by atoms with Crippen LogP contribution < -0.4 is 10.6 Å². The van der Waals surface area contributed by atoms with E-state index in [0.29, 0.717) is 0 Å². The van der Waals surface area contributed by atoms with Crippen molar-refractivity contribution in [2.24, 2.45) is 0 Å². The Bertz CT molecular complexity index is 351. The lowest BCUT2D eigenvalue weighted by Gasteiger charge is -2.17. The molecule has 0 aliphatic heterocycles. The molecule has 1 rings (SSSR count). The standard InChI is InChI=1S/C11H18N2O5/c1-11(5-6-11)13-10(17)12-7(9(15)16)3-4-8(14)18-2/h7H,3-6H2,1-2H3,(H,15,16)(H2,12,13,17)/t7-/m0/s1. The van der Waals surface area contributed by atoms with E-state index in [1.807, 2.05) is 6.92 Å². The van der Waals surface area contributed by atoms with Crippen LogP contribution in [0, 0.1) is 0 Å². The maximum absolute atomic E-state index is 11.5. The Morgan fingerprint density at radius 2 is 2.00 bits per heavy atom. The van der Waals surface area contributed by atoms with Crippen molar-refractivity contribution in [3.8, 4) is 0 Å². The van der Waals surface area contributed by atoms with Gasteiger partial charge in [0.25, 0.3) is 0 Å². The highest BCUT2D eigenvalue weighted by atomic mass is 16.5. The number of ether oxygens (including phenoxy) is 1. The van der Waals surface area contributed by atoms with Gasteiger partial charge < -0.3 is 20.5 Å². The van der Waals surface area contributed by atoms with Gasteiger partial charge in [-0.15, -0.1) is 0 Å². The highest BCUT2D eigenvalue weighted by molar-refractivity contribution is 5.83. The number of rotatable bonds is 6. The Labute approximate surface area is 105 Å². The van der Waals surface area contributed by atoms with Gasteiger partial charge in [-0.25, -0.2) is 9.59 Å². The van der Waals surface area contributed by atoms with Gasteiger partial charge in [0.05, 0.1) is 7.11 Å². The number of urea groups is 1. The van der Waals surface area contributed by atoms with Crippen LogP contribution in [0.25, 0.3) is 0 Å². The van der Waals surface area contributed by atoms with Crippen molar-refractivity contribution in [2.45, 2.75) is 44.2 Å². The monoisotopic (exact) mass is 258 g/mol. The summed E-state index contributed by atoms with van der Waals surface area (Å²) in [4.78, 5) is 33.4. The molecule has 0 bridgehead atoms. The molecular formula is C11H18N2O5. The second-order valence-corrected chi connectivity index (χ2v) is 4.66. The van der Waals surface area contributed by atoms with Crippen molar-refractivity contribution in [3.63, 3.8) is 0 Å². The van der Waals surface area contributed by atoms with Crippen LogP contribution in [0.1, 0.15) is 32.6 Å². The second kappa shape index (κ2) is 5.70. The molecular weight excluding hydrogens is 240 g/mol. The molecule has 1 atom stereocenters. The summed E-state index contributed by atoms with van der Waals surface area (Å²) in [6.45, 7) is 1.89. The number of carboxylic acid groups (broad SMARTS) is 1. The van der Waals surface area contributed by atoms with Crippen LogP contribution in [-0.2, 0) is 14.3 Å². The van der Waals surface area contributed by atoms with Crippen LogP contribution in [0.15, 0.2) is 0 Å². The van der Waals surface area contributed by atoms with E-state index in [0.717, 1.165) is 12.8 Å². The number of carbonyl (C=O) groups excluding carboxylic acids is 2. The predicted octanol–water partition coefficient (Wildman–Crippen LogP) is 0.245. The molecule has 7 nitrogen and oxygen atoms in total. The molecule has 1 aliphatic carbocycles. The van der Waals surface area contributed by atoms with Crippen molar-refractivity contribution in [1.82, 2.24) is 10.6 Å². The number of aliphatic carboxylic acids is 1. The van der Waals surface area contributed by atoms with Crippen molar-refractivity contribution in [1.29, 1.82) is 0 Å². The molecule has 0 aromatic heterocycles. The minimum absolute atomic E-state index is 0.00609. The van der Waals surface area contributed by atoms with Gasteiger partial charge in [-0.2, -0.15) is 0 Å². The van der Waals surface area contributed by atoms with E-state index < -0.39 is 24.0 Å².